The van der Waals surface area contributed by atoms with Gasteiger partial charge in [0.15, 0.2) is 5.52 Å². The molecule has 1 saturated heterocycles. The first-order valence-electron chi connectivity index (χ1n) is 8.88. The number of nitrogens with one attached hydrogen (secondary N) is 1. The Morgan fingerprint density at radius 3 is 2.63 bits per heavy atom. The number of carbonyl (C=O) groups excluding carboxylic acids is 1. The van der Waals surface area contributed by atoms with Gasteiger partial charge in [-0.15, -0.1) is 0 Å². The summed E-state index contributed by atoms with van der Waals surface area (Å²) in [6.45, 7) is 4.67. The molecule has 0 radical (unpaired) electrons. The Morgan fingerprint density at radius 2 is 1.81 bits per heavy atom. The zero-order chi connectivity index (χ0) is 18.6. The molecule has 27 heavy (non-hydrogen) atoms. The van der Waals surface area contributed by atoms with Crippen LogP contribution in [0.2, 0.25) is 5.02 Å². The van der Waals surface area contributed by atoms with Gasteiger partial charge >= 0.3 is 0 Å². The van der Waals surface area contributed by atoms with Crippen molar-refractivity contribution in [2.24, 2.45) is 0 Å². The van der Waals surface area contributed by atoms with Crippen LogP contribution in [0.15, 0.2) is 47.1 Å². The molecule has 0 spiro atoms. The highest BCUT2D eigenvalue weighted by atomic mass is 35.5. The van der Waals surface area contributed by atoms with E-state index in [0.29, 0.717) is 23.3 Å². The lowest BCUT2D eigenvalue weighted by molar-refractivity contribution is -0.117. The molecule has 1 amide bonds. The maximum absolute atomic E-state index is 12.4. The number of hydrogen-bond donors (Lipinski definition) is 1. The van der Waals surface area contributed by atoms with Gasteiger partial charge in [0.25, 0.3) is 0 Å². The number of rotatable bonds is 5. The van der Waals surface area contributed by atoms with Crippen molar-refractivity contribution < 1.29 is 9.42 Å². The van der Waals surface area contributed by atoms with E-state index in [4.69, 9.17) is 16.2 Å². The van der Waals surface area contributed by atoms with Crippen LogP contribution in [-0.4, -0.2) is 58.7 Å². The number of piperazine rings is 1. The van der Waals surface area contributed by atoms with Crippen LogP contribution in [0.1, 0.15) is 5.56 Å². The lowest BCUT2D eigenvalue weighted by Crippen LogP contribution is -2.48. The van der Waals surface area contributed by atoms with Gasteiger partial charge in [0.05, 0.1) is 12.2 Å². The van der Waals surface area contributed by atoms with E-state index in [-0.39, 0.29) is 5.91 Å². The van der Waals surface area contributed by atoms with Crippen molar-refractivity contribution in [1.29, 1.82) is 0 Å². The van der Waals surface area contributed by atoms with Crippen molar-refractivity contribution in [3.63, 3.8) is 0 Å². The molecule has 0 saturated carbocycles. The summed E-state index contributed by atoms with van der Waals surface area (Å²) in [7, 11) is 0. The van der Waals surface area contributed by atoms with Gasteiger partial charge in [0, 0.05) is 37.7 Å². The fourth-order valence-corrected chi connectivity index (χ4v) is 3.47. The van der Waals surface area contributed by atoms with Crippen molar-refractivity contribution in [3.05, 3.63) is 53.1 Å². The van der Waals surface area contributed by atoms with E-state index in [1.54, 1.807) is 12.1 Å². The van der Waals surface area contributed by atoms with Crippen LogP contribution in [0.25, 0.3) is 11.0 Å². The first-order chi connectivity index (χ1) is 13.2. The Labute approximate surface area is 161 Å². The normalized spacial score (nSPS) is 15.9. The van der Waals surface area contributed by atoms with Crippen LogP contribution < -0.4 is 5.32 Å². The van der Waals surface area contributed by atoms with Crippen molar-refractivity contribution in [2.45, 2.75) is 6.54 Å². The minimum absolute atomic E-state index is 0.0648. The van der Waals surface area contributed by atoms with Gasteiger partial charge in [-0.25, -0.2) is 4.63 Å². The molecule has 2 aromatic carbocycles. The molecule has 0 bridgehead atoms. The topological polar surface area (TPSA) is 74.5 Å². The molecule has 8 heteroatoms. The SMILES string of the molecule is O=C(CN1CCN(Cc2ccccc2Cl)CC1)Nc1cccc2nonc12. The molecule has 3 aromatic rings. The molecule has 0 atom stereocenters. The fraction of sp³-hybridized carbons (Fsp3) is 0.316. The lowest BCUT2D eigenvalue weighted by atomic mass is 10.2. The highest BCUT2D eigenvalue weighted by Crippen LogP contribution is 2.20. The van der Waals surface area contributed by atoms with E-state index in [2.05, 4.69) is 31.5 Å². The van der Waals surface area contributed by atoms with E-state index in [0.717, 1.165) is 43.3 Å². The Balaban J connectivity index is 1.28. The largest absolute Gasteiger partial charge is 0.323 e. The number of halogens is 1. The minimum atomic E-state index is -0.0648. The second kappa shape index (κ2) is 8.04. The number of aromatic nitrogens is 2. The number of anilines is 1. The molecule has 0 aliphatic carbocycles. The van der Waals surface area contributed by atoms with E-state index in [1.807, 2.05) is 24.3 Å². The maximum Gasteiger partial charge on any atom is 0.238 e. The Hall–Kier alpha value is -2.48. The van der Waals surface area contributed by atoms with Gasteiger partial charge in [0.1, 0.15) is 5.52 Å². The van der Waals surface area contributed by atoms with Crippen LogP contribution >= 0.6 is 11.6 Å². The van der Waals surface area contributed by atoms with Gasteiger partial charge in [0.2, 0.25) is 5.91 Å². The number of fused-ring (bicyclic) bond motifs is 1. The zero-order valence-electron chi connectivity index (χ0n) is 14.8. The zero-order valence-corrected chi connectivity index (χ0v) is 15.5. The smallest absolute Gasteiger partial charge is 0.238 e. The summed E-state index contributed by atoms with van der Waals surface area (Å²) in [4.78, 5) is 16.9. The molecule has 7 nitrogen and oxygen atoms in total. The van der Waals surface area contributed by atoms with Crippen LogP contribution in [0.5, 0.6) is 0 Å². The number of hydrogen-bond acceptors (Lipinski definition) is 6. The summed E-state index contributed by atoms with van der Waals surface area (Å²) in [5.74, 6) is -0.0648. The second-order valence-corrected chi connectivity index (χ2v) is 7.04. The predicted molar refractivity (Wildman–Crippen MR) is 104 cm³/mol. The average Bonchev–Trinajstić information content (AvgIpc) is 3.15. The number of nitrogens with zero attached hydrogens (tertiary/aromatic N) is 4. The highest BCUT2D eigenvalue weighted by molar-refractivity contribution is 6.31. The summed E-state index contributed by atoms with van der Waals surface area (Å²) in [5.41, 5.74) is 2.95. The monoisotopic (exact) mass is 385 g/mol. The van der Waals surface area contributed by atoms with Gasteiger partial charge in [-0.1, -0.05) is 35.9 Å². The van der Waals surface area contributed by atoms with Crippen LogP contribution in [0.4, 0.5) is 5.69 Å². The Kier molecular flexibility index (Phi) is 5.33. The van der Waals surface area contributed by atoms with E-state index in [9.17, 15) is 4.79 Å². The third kappa shape index (κ3) is 4.27. The van der Waals surface area contributed by atoms with Crippen LogP contribution in [0, 0.1) is 0 Å². The van der Waals surface area contributed by atoms with Crippen LogP contribution in [-0.2, 0) is 11.3 Å². The summed E-state index contributed by atoms with van der Waals surface area (Å²) in [6, 6.07) is 13.3. The molecule has 1 aromatic heterocycles. The van der Waals surface area contributed by atoms with Crippen LogP contribution in [0.3, 0.4) is 0 Å². The lowest BCUT2D eigenvalue weighted by Gasteiger charge is -2.34. The molecule has 1 aliphatic heterocycles. The molecule has 0 unspecified atom stereocenters. The van der Waals surface area contributed by atoms with Gasteiger partial charge in [-0.3, -0.25) is 14.6 Å². The summed E-state index contributed by atoms with van der Waals surface area (Å²) < 4.78 is 4.73. The van der Waals surface area contributed by atoms with Gasteiger partial charge in [-0.2, -0.15) is 0 Å². The van der Waals surface area contributed by atoms with E-state index in [1.165, 1.54) is 0 Å². The first kappa shape index (κ1) is 17.9. The Bertz CT molecular complexity index is 937. The number of amides is 1. The van der Waals surface area contributed by atoms with Crippen molar-refractivity contribution in [3.8, 4) is 0 Å². The van der Waals surface area contributed by atoms with Gasteiger partial charge in [-0.05, 0) is 34.1 Å². The summed E-state index contributed by atoms with van der Waals surface area (Å²) in [6.07, 6.45) is 0. The number of benzene rings is 2. The molecule has 2 heterocycles. The van der Waals surface area contributed by atoms with Crippen molar-refractivity contribution in [1.82, 2.24) is 20.1 Å². The number of carbonyl (C=O) groups is 1. The molecule has 1 N–H and O–H groups in total. The van der Waals surface area contributed by atoms with Crippen molar-refractivity contribution in [2.75, 3.05) is 38.0 Å². The highest BCUT2D eigenvalue weighted by Gasteiger charge is 2.20. The molecular weight excluding hydrogens is 366 g/mol. The maximum atomic E-state index is 12.4. The first-order valence-corrected chi connectivity index (χ1v) is 9.26. The third-order valence-electron chi connectivity index (χ3n) is 4.74. The molecule has 1 aliphatic rings. The summed E-state index contributed by atoms with van der Waals surface area (Å²) >= 11 is 6.24. The standard InChI is InChI=1S/C19H20ClN5O2/c20-15-5-2-1-4-14(15)12-24-8-10-25(11-9-24)13-18(26)21-16-6-3-7-17-19(16)23-27-22-17/h1-7H,8-13H2,(H,21,26). The average molecular weight is 386 g/mol. The van der Waals surface area contributed by atoms with Crippen molar-refractivity contribution >= 4 is 34.2 Å². The quantitative estimate of drug-likeness (QED) is 0.727. The summed E-state index contributed by atoms with van der Waals surface area (Å²) in [5, 5.41) is 11.3. The minimum Gasteiger partial charge on any atom is -0.323 e. The molecule has 4 rings (SSSR count). The van der Waals surface area contributed by atoms with E-state index < -0.39 is 0 Å². The molecular formula is C19H20ClN5O2. The third-order valence-corrected chi connectivity index (χ3v) is 5.11. The predicted octanol–water partition coefficient (Wildman–Crippen LogP) is 2.63. The second-order valence-electron chi connectivity index (χ2n) is 6.63. The molecule has 140 valence electrons. The van der Waals surface area contributed by atoms with Gasteiger partial charge < -0.3 is 5.32 Å². The Morgan fingerprint density at radius 1 is 1.04 bits per heavy atom. The van der Waals surface area contributed by atoms with E-state index >= 15 is 0 Å². The fourth-order valence-electron chi connectivity index (χ4n) is 3.27. The molecule has 1 fully saturated rings.